The maximum absolute atomic E-state index is 14.7. The number of carbonyl (C=O) groups excluding carboxylic acids is 1. The van der Waals surface area contributed by atoms with Gasteiger partial charge in [-0.3, -0.25) is 4.79 Å². The van der Waals surface area contributed by atoms with Crippen molar-refractivity contribution in [2.45, 2.75) is 78.1 Å². The van der Waals surface area contributed by atoms with Gasteiger partial charge >= 0.3 is 64.8 Å². The van der Waals surface area contributed by atoms with Crippen LogP contribution in [0.1, 0.15) is 19.3 Å². The molecule has 0 radical (unpaired) electrons. The van der Waals surface area contributed by atoms with Crippen LogP contribution in [0.4, 0.5) is 92.2 Å². The van der Waals surface area contributed by atoms with Crippen molar-refractivity contribution in [3.8, 4) is 0 Å². The van der Waals surface area contributed by atoms with Gasteiger partial charge in [0.25, 0.3) is 10.0 Å². The Morgan fingerprint density at radius 3 is 1.22 bits per heavy atom. The maximum Gasteiger partial charge on any atom is 0.460 e. The smallest absolute Gasteiger partial charge is 0.460 e. The summed E-state index contributed by atoms with van der Waals surface area (Å²) in [5, 5.41) is 11.2. The van der Waals surface area contributed by atoms with Gasteiger partial charge in [0.05, 0.1) is 33.6 Å². The highest BCUT2D eigenvalue weighted by Gasteiger charge is 2.98. The normalized spacial score (nSPS) is 15.8. The highest BCUT2D eigenvalue weighted by Crippen LogP contribution is 2.66. The number of nitrogens with zero attached hydrogens (tertiary/aromatic N) is 2. The number of halogens is 21. The number of carboxylic acid groups (broad SMARTS) is 2. The molecule has 30 heteroatoms. The van der Waals surface area contributed by atoms with Gasteiger partial charge in [0.1, 0.15) is 0 Å². The van der Waals surface area contributed by atoms with Crippen molar-refractivity contribution in [1.29, 1.82) is 0 Å². The average Bonchev–Trinajstić information content (AvgIpc) is 2.91. The van der Waals surface area contributed by atoms with E-state index in [0.717, 1.165) is 14.1 Å². The van der Waals surface area contributed by atoms with Crippen LogP contribution in [-0.2, 0) is 19.6 Å². The van der Waals surface area contributed by atoms with Crippen LogP contribution in [0.2, 0.25) is 0 Å². The molecule has 8 nitrogen and oxygen atoms in total. The van der Waals surface area contributed by atoms with Gasteiger partial charge in [-0.1, -0.05) is 0 Å². The lowest BCUT2D eigenvalue weighted by atomic mass is 9.87. The monoisotopic (exact) mass is 828 g/mol. The van der Waals surface area contributed by atoms with Crippen molar-refractivity contribution >= 4 is 22.0 Å². The molecule has 0 aromatic rings. The minimum absolute atomic E-state index is 0.419. The Hall–Kier alpha value is -2.66. The molecule has 0 spiro atoms. The fourth-order valence-electron chi connectivity index (χ4n) is 3.62. The first-order valence-electron chi connectivity index (χ1n) is 12.6. The molecular weight excluding hydrogens is 807 g/mol. The van der Waals surface area contributed by atoms with E-state index in [2.05, 4.69) is 0 Å². The molecule has 51 heavy (non-hydrogen) atoms. The molecule has 0 rings (SSSR count). The molecule has 0 saturated carbocycles. The molecule has 0 aliphatic carbocycles. The Balaban J connectivity index is 7.17. The second-order valence-corrected chi connectivity index (χ2v) is 13.0. The first-order chi connectivity index (χ1) is 21.9. The molecule has 0 heterocycles. The number of hydrogen-bond acceptors (Lipinski definition) is 5. The van der Waals surface area contributed by atoms with Gasteiger partial charge in [-0.15, -0.1) is 0 Å². The van der Waals surface area contributed by atoms with E-state index in [1.54, 1.807) is 0 Å². The van der Waals surface area contributed by atoms with Crippen molar-refractivity contribution in [1.82, 2.24) is 4.31 Å². The van der Waals surface area contributed by atoms with Gasteiger partial charge in [-0.25, -0.2) is 8.42 Å². The first-order valence-corrected chi connectivity index (χ1v) is 14.1. The third-order valence-corrected chi connectivity index (χ3v) is 8.76. The van der Waals surface area contributed by atoms with E-state index < -0.39 is 135 Å². The number of rotatable bonds is 20. The fraction of sp³-hybridized carbons (Fsp3) is 0.905. The highest BCUT2D eigenvalue weighted by molar-refractivity contribution is 7.90. The van der Waals surface area contributed by atoms with Gasteiger partial charge < -0.3 is 19.5 Å². The molecule has 0 amide bonds. The Morgan fingerprint density at radius 2 is 0.902 bits per heavy atom. The van der Waals surface area contributed by atoms with E-state index in [4.69, 9.17) is 5.11 Å². The second-order valence-electron chi connectivity index (χ2n) is 11.0. The van der Waals surface area contributed by atoms with E-state index >= 15 is 0 Å². The van der Waals surface area contributed by atoms with Gasteiger partial charge in [0, 0.05) is 31.9 Å². The first kappa shape index (κ1) is 48.3. The van der Waals surface area contributed by atoms with Gasteiger partial charge in [-0.2, -0.15) is 96.5 Å². The molecule has 1 N–H and O–H groups in total. The molecular formula is C21H21F21N2O6S. The molecule has 0 atom stereocenters. The van der Waals surface area contributed by atoms with E-state index in [0.29, 0.717) is 0 Å². The molecule has 0 aliphatic rings. The average molecular weight is 828 g/mol. The van der Waals surface area contributed by atoms with E-state index in [9.17, 15) is 115 Å². The SMILES string of the molecule is C[N+](C)(CCCN(CCC(=O)O)S(=O)(=O)C(F)(F)C(F)(F)C(F)(F)C(F)(F)C(F)(F)C(F)(F)C(F)(F)C(F)(F)C(F)(F)C(F)(F)F)CCC(=O)[O-]. The van der Waals surface area contributed by atoms with Gasteiger partial charge in [0.15, 0.2) is 0 Å². The van der Waals surface area contributed by atoms with Gasteiger partial charge in [0.2, 0.25) is 0 Å². The number of sulfonamides is 1. The minimum atomic E-state index is -9.47. The van der Waals surface area contributed by atoms with Crippen molar-refractivity contribution in [2.24, 2.45) is 0 Å². The van der Waals surface area contributed by atoms with Crippen LogP contribution in [0, 0.1) is 0 Å². The minimum Gasteiger partial charge on any atom is -0.550 e. The van der Waals surface area contributed by atoms with Crippen LogP contribution in [0.3, 0.4) is 0 Å². The molecule has 0 saturated heterocycles. The molecule has 0 aliphatic heterocycles. The number of aliphatic carboxylic acids is 2. The summed E-state index contributed by atoms with van der Waals surface area (Å²) in [6.45, 7) is -4.71. The van der Waals surface area contributed by atoms with Crippen LogP contribution in [0.15, 0.2) is 0 Å². The summed E-state index contributed by atoms with van der Waals surface area (Å²) < 4.78 is 310. The third kappa shape index (κ3) is 7.85. The van der Waals surface area contributed by atoms with E-state index in [1.807, 2.05) is 0 Å². The summed E-state index contributed by atoms with van der Waals surface area (Å²) >= 11 is 0. The predicted molar refractivity (Wildman–Crippen MR) is 119 cm³/mol. The Morgan fingerprint density at radius 1 is 0.569 bits per heavy atom. The predicted octanol–water partition coefficient (Wildman–Crippen LogP) is 4.94. The lowest BCUT2D eigenvalue weighted by molar-refractivity contribution is -0.890. The van der Waals surface area contributed by atoms with Crippen molar-refractivity contribution in [2.75, 3.05) is 40.3 Å². The van der Waals surface area contributed by atoms with Crippen molar-refractivity contribution in [3.05, 3.63) is 0 Å². The standard InChI is InChI=1S/C21H21F21N2O6S/c1-44(2,9-5-11(47)48)8-3-6-43(7-4-10(45)46)51(49,50)21(41,42)19(36,37)17(32,33)15(28,29)13(24,25)12(22,23)14(26,27)16(30,31)18(34,35)20(38,39)40/h3-9H2,1-2H3,(H-,45,46,47,48). The number of quaternary nitrogens is 1. The topological polar surface area (TPSA) is 115 Å². The fourth-order valence-corrected chi connectivity index (χ4v) is 5.10. The zero-order valence-corrected chi connectivity index (χ0v) is 25.5. The van der Waals surface area contributed by atoms with Crippen LogP contribution >= 0.6 is 0 Å². The molecule has 0 bridgehead atoms. The van der Waals surface area contributed by atoms with Crippen molar-refractivity contribution < 1.29 is 125 Å². The van der Waals surface area contributed by atoms with Crippen LogP contribution < -0.4 is 5.11 Å². The third-order valence-electron chi connectivity index (χ3n) is 6.81. The number of carbonyl (C=O) groups is 2. The number of carboxylic acids is 2. The summed E-state index contributed by atoms with van der Waals surface area (Å²) in [6, 6.07) is 0. The lowest BCUT2D eigenvalue weighted by Crippen LogP contribution is -2.77. The van der Waals surface area contributed by atoms with E-state index in [-0.39, 0.29) is 0 Å². The van der Waals surface area contributed by atoms with Crippen molar-refractivity contribution in [3.63, 3.8) is 0 Å². The Bertz CT molecular complexity index is 1380. The second kappa shape index (κ2) is 14.0. The highest BCUT2D eigenvalue weighted by atomic mass is 32.2. The maximum atomic E-state index is 14.7. The van der Waals surface area contributed by atoms with Crippen LogP contribution in [0.25, 0.3) is 0 Å². The summed E-state index contributed by atoms with van der Waals surface area (Å²) in [7, 11) is -5.61. The van der Waals surface area contributed by atoms with E-state index in [1.165, 1.54) is 0 Å². The lowest BCUT2D eigenvalue weighted by Gasteiger charge is -2.44. The molecule has 0 aromatic heterocycles. The largest absolute Gasteiger partial charge is 0.550 e. The Labute approximate surface area is 270 Å². The Kier molecular flexibility index (Phi) is 13.2. The summed E-state index contributed by atoms with van der Waals surface area (Å²) in [6.07, 6.45) is -11.6. The number of hydrogen-bond donors (Lipinski definition) is 1. The quantitative estimate of drug-likeness (QED) is 0.138. The molecule has 0 fully saturated rings. The van der Waals surface area contributed by atoms with Crippen LogP contribution in [-0.4, -0.2) is 133 Å². The zero-order valence-electron chi connectivity index (χ0n) is 24.7. The molecule has 0 aromatic carbocycles. The summed E-state index contributed by atoms with van der Waals surface area (Å²) in [4.78, 5) is 21.4. The van der Waals surface area contributed by atoms with Crippen LogP contribution in [0.5, 0.6) is 0 Å². The summed E-state index contributed by atoms with van der Waals surface area (Å²) in [5.41, 5.74) is 0. The molecule has 304 valence electrons. The summed E-state index contributed by atoms with van der Waals surface area (Å²) in [5.74, 6) is -77.1. The number of alkyl halides is 21. The van der Waals surface area contributed by atoms with Gasteiger partial charge in [-0.05, 0) is 0 Å². The molecule has 0 unspecified atom stereocenters. The zero-order chi connectivity index (χ0) is 41.7.